The first-order valence-electron chi connectivity index (χ1n) is 12.1. The van der Waals surface area contributed by atoms with Crippen LogP contribution in [0, 0.1) is 5.82 Å². The molecular weight excluding hydrogens is 534 g/mol. The number of pyridine rings is 1. The minimum atomic E-state index is -4.48. The number of hydrogen-bond acceptors (Lipinski definition) is 5. The van der Waals surface area contributed by atoms with Gasteiger partial charge >= 0.3 is 6.18 Å². The molecule has 6 nitrogen and oxygen atoms in total. The van der Waals surface area contributed by atoms with E-state index in [1.807, 2.05) is 9.47 Å². The van der Waals surface area contributed by atoms with E-state index in [4.69, 9.17) is 11.6 Å². The molecule has 1 aromatic carbocycles. The zero-order valence-corrected chi connectivity index (χ0v) is 21.4. The van der Waals surface area contributed by atoms with Gasteiger partial charge in [-0.15, -0.1) is 10.2 Å². The van der Waals surface area contributed by atoms with E-state index >= 15 is 0 Å². The largest absolute Gasteiger partial charge is 0.406 e. The monoisotopic (exact) mass is 558 g/mol. The molecule has 0 N–H and O–H groups in total. The van der Waals surface area contributed by atoms with Gasteiger partial charge in [0.2, 0.25) is 0 Å². The van der Waals surface area contributed by atoms with Crippen LogP contribution in [-0.2, 0) is 13.1 Å². The predicted molar refractivity (Wildman–Crippen MR) is 129 cm³/mol. The Bertz CT molecular complexity index is 1330. The van der Waals surface area contributed by atoms with Gasteiger partial charge in [-0.05, 0) is 62.6 Å². The van der Waals surface area contributed by atoms with Crippen LogP contribution >= 0.6 is 11.6 Å². The van der Waals surface area contributed by atoms with E-state index in [9.17, 15) is 26.3 Å². The summed E-state index contributed by atoms with van der Waals surface area (Å²) in [6, 6.07) is 7.48. The van der Waals surface area contributed by atoms with Crippen LogP contribution in [0.25, 0.3) is 5.69 Å². The van der Waals surface area contributed by atoms with Gasteiger partial charge in [0.05, 0.1) is 12.2 Å². The van der Waals surface area contributed by atoms with Crippen LogP contribution in [0.2, 0.25) is 5.02 Å². The highest BCUT2D eigenvalue weighted by molar-refractivity contribution is 6.30. The summed E-state index contributed by atoms with van der Waals surface area (Å²) in [7, 11) is 0. The van der Waals surface area contributed by atoms with Crippen LogP contribution < -0.4 is 4.90 Å². The average molecular weight is 559 g/mol. The molecule has 204 valence electrons. The molecule has 5 rings (SSSR count). The Morgan fingerprint density at radius 2 is 1.71 bits per heavy atom. The zero-order chi connectivity index (χ0) is 27.4. The minimum absolute atomic E-state index is 0.0202. The molecule has 0 atom stereocenters. The first-order chi connectivity index (χ1) is 17.9. The van der Waals surface area contributed by atoms with Gasteiger partial charge in [0.25, 0.3) is 6.43 Å². The van der Waals surface area contributed by atoms with Crippen molar-refractivity contribution in [1.82, 2.24) is 24.6 Å². The predicted octanol–water partition coefficient (Wildman–Crippen LogP) is 6.43. The second-order valence-electron chi connectivity index (χ2n) is 10.1. The molecule has 2 aliphatic heterocycles. The lowest BCUT2D eigenvalue weighted by Gasteiger charge is -2.38. The average Bonchev–Trinajstić information content (AvgIpc) is 3.19. The van der Waals surface area contributed by atoms with E-state index < -0.39 is 29.7 Å². The molecule has 38 heavy (non-hydrogen) atoms. The summed E-state index contributed by atoms with van der Waals surface area (Å²) in [5.41, 5.74) is -1.71. The number of fused-ring (bicyclic) bond motifs is 3. The first-order valence-corrected chi connectivity index (χ1v) is 12.5. The molecule has 13 heteroatoms. The van der Waals surface area contributed by atoms with Crippen LogP contribution in [0.15, 0.2) is 30.3 Å². The van der Waals surface area contributed by atoms with Crippen molar-refractivity contribution >= 4 is 17.4 Å². The van der Waals surface area contributed by atoms with Gasteiger partial charge in [0.15, 0.2) is 11.6 Å². The molecule has 0 radical (unpaired) electrons. The van der Waals surface area contributed by atoms with Gasteiger partial charge in [0.1, 0.15) is 22.9 Å². The van der Waals surface area contributed by atoms with Crippen molar-refractivity contribution in [3.8, 4) is 5.69 Å². The fourth-order valence-corrected chi connectivity index (χ4v) is 5.20. The maximum atomic E-state index is 14.0. The quantitative estimate of drug-likeness (QED) is 0.345. The molecule has 1 fully saturated rings. The topological polar surface area (TPSA) is 50.1 Å². The number of rotatable bonds is 4. The van der Waals surface area contributed by atoms with Crippen molar-refractivity contribution in [3.63, 3.8) is 0 Å². The lowest BCUT2D eigenvalue weighted by molar-refractivity contribution is -0.224. The minimum Gasteiger partial charge on any atom is -0.357 e. The van der Waals surface area contributed by atoms with Gasteiger partial charge in [-0.2, -0.15) is 13.2 Å². The maximum absolute atomic E-state index is 14.0. The third-order valence-corrected chi connectivity index (χ3v) is 7.70. The third kappa shape index (κ3) is 4.72. The zero-order valence-electron chi connectivity index (χ0n) is 20.6. The van der Waals surface area contributed by atoms with Crippen LogP contribution in [0.4, 0.5) is 32.2 Å². The van der Waals surface area contributed by atoms with Gasteiger partial charge in [0, 0.05) is 30.6 Å². The van der Waals surface area contributed by atoms with Crippen molar-refractivity contribution in [1.29, 1.82) is 0 Å². The number of piperidine rings is 1. The number of benzene rings is 1. The van der Waals surface area contributed by atoms with Crippen molar-refractivity contribution in [3.05, 3.63) is 64.1 Å². The van der Waals surface area contributed by atoms with Gasteiger partial charge in [-0.1, -0.05) is 11.6 Å². The molecule has 0 unspecified atom stereocenters. The molecule has 0 spiro atoms. The van der Waals surface area contributed by atoms with Crippen LogP contribution in [0.5, 0.6) is 0 Å². The van der Waals surface area contributed by atoms with Crippen LogP contribution in [0.1, 0.15) is 61.9 Å². The summed E-state index contributed by atoms with van der Waals surface area (Å²) in [6.07, 6.45) is -6.35. The molecule has 2 aliphatic rings. The molecule has 0 aliphatic carbocycles. The maximum Gasteiger partial charge on any atom is 0.406 e. The van der Waals surface area contributed by atoms with E-state index in [0.29, 0.717) is 53.9 Å². The Kier molecular flexibility index (Phi) is 6.83. The highest BCUT2D eigenvalue weighted by Gasteiger charge is 2.52. The summed E-state index contributed by atoms with van der Waals surface area (Å²) >= 11 is 6.22. The Labute approximate surface area is 220 Å². The molecular formula is C25H25ClF6N6. The summed E-state index contributed by atoms with van der Waals surface area (Å²) in [5, 5.41) is 9.11. The fourth-order valence-electron chi connectivity index (χ4n) is 5.01. The number of halogens is 7. The van der Waals surface area contributed by atoms with Gasteiger partial charge in [-0.3, -0.25) is 9.47 Å². The van der Waals surface area contributed by atoms with E-state index in [0.717, 1.165) is 19.9 Å². The molecule has 0 amide bonds. The first kappa shape index (κ1) is 26.7. The molecule has 0 bridgehead atoms. The Morgan fingerprint density at radius 3 is 2.37 bits per heavy atom. The fraction of sp³-hybridized carbons (Fsp3) is 0.480. The summed E-state index contributed by atoms with van der Waals surface area (Å²) in [6.45, 7) is 3.14. The molecule has 4 heterocycles. The molecule has 1 saturated heterocycles. The number of alkyl halides is 5. The van der Waals surface area contributed by atoms with E-state index in [1.165, 1.54) is 11.0 Å². The second-order valence-corrected chi connectivity index (χ2v) is 10.5. The Hall–Kier alpha value is -2.86. The third-order valence-electron chi connectivity index (χ3n) is 7.46. The highest BCUT2D eigenvalue weighted by atomic mass is 35.5. The van der Waals surface area contributed by atoms with Crippen LogP contribution in [0.3, 0.4) is 0 Å². The Balaban J connectivity index is 1.45. The van der Waals surface area contributed by atoms with E-state index in [-0.39, 0.29) is 24.8 Å². The standard InChI is InChI=1S/C25H25ClF6N6/c1-24(2,25(30,31)32)37-12-15-11-16(26)3-5-18(15)38-20(13-37)34-35-23(38)14-7-9-36(10-8-14)19-6-4-17(27)21(33-19)22(28)29/h3-6,11,14,22H,7-10,12-13H2,1-2H3. The lowest BCUT2D eigenvalue weighted by atomic mass is 9.95. The van der Waals surface area contributed by atoms with Gasteiger partial charge < -0.3 is 4.90 Å². The van der Waals surface area contributed by atoms with Crippen LogP contribution in [-0.4, -0.2) is 49.5 Å². The summed E-state index contributed by atoms with van der Waals surface area (Å²) in [5.74, 6) is 0.141. The van der Waals surface area contributed by atoms with Crippen molar-refractivity contribution < 1.29 is 26.3 Å². The second kappa shape index (κ2) is 9.71. The van der Waals surface area contributed by atoms with Crippen molar-refractivity contribution in [2.75, 3.05) is 18.0 Å². The number of anilines is 1. The van der Waals surface area contributed by atoms with Crippen molar-refractivity contribution in [2.45, 2.75) is 63.8 Å². The lowest BCUT2D eigenvalue weighted by Crippen LogP contribution is -2.53. The molecule has 2 aromatic heterocycles. The van der Waals surface area contributed by atoms with E-state index in [1.54, 1.807) is 18.2 Å². The summed E-state index contributed by atoms with van der Waals surface area (Å²) in [4.78, 5) is 6.94. The molecule has 0 saturated carbocycles. The van der Waals surface area contributed by atoms with Crippen molar-refractivity contribution in [2.24, 2.45) is 0 Å². The Morgan fingerprint density at radius 1 is 1.00 bits per heavy atom. The number of nitrogens with zero attached hydrogens (tertiary/aromatic N) is 6. The van der Waals surface area contributed by atoms with E-state index in [2.05, 4.69) is 15.2 Å². The SMILES string of the molecule is CC(C)(N1Cc2cc(Cl)ccc2-n2c(nnc2C2CCN(c3ccc(F)c(C(F)F)n3)CC2)C1)C(F)(F)F. The number of aromatic nitrogens is 4. The number of hydrogen-bond donors (Lipinski definition) is 0. The molecule has 3 aromatic rings. The smallest absolute Gasteiger partial charge is 0.357 e. The summed E-state index contributed by atoms with van der Waals surface area (Å²) < 4.78 is 83.6. The van der Waals surface area contributed by atoms with Gasteiger partial charge in [-0.25, -0.2) is 18.2 Å². The normalized spacial score (nSPS) is 17.5. The highest BCUT2D eigenvalue weighted by Crippen LogP contribution is 2.40.